The van der Waals surface area contributed by atoms with Crippen LogP contribution in [0.3, 0.4) is 0 Å². The Morgan fingerprint density at radius 1 is 1.22 bits per heavy atom. The lowest BCUT2D eigenvalue weighted by atomic mass is 9.96. The highest BCUT2D eigenvalue weighted by Crippen LogP contribution is 2.31. The number of hydrogen-bond acceptors (Lipinski definition) is 3. The van der Waals surface area contributed by atoms with E-state index in [1.807, 2.05) is 0 Å². The third-order valence-corrected chi connectivity index (χ3v) is 4.34. The third kappa shape index (κ3) is 1.93. The van der Waals surface area contributed by atoms with Gasteiger partial charge in [0.1, 0.15) is 11.9 Å². The van der Waals surface area contributed by atoms with E-state index in [1.165, 1.54) is 37.2 Å². The second kappa shape index (κ2) is 4.74. The van der Waals surface area contributed by atoms with Crippen LogP contribution in [-0.2, 0) is 13.0 Å². The Labute approximate surface area is 108 Å². The van der Waals surface area contributed by atoms with Gasteiger partial charge >= 0.3 is 0 Å². The molecule has 18 heavy (non-hydrogen) atoms. The summed E-state index contributed by atoms with van der Waals surface area (Å²) in [7, 11) is 2.18. The van der Waals surface area contributed by atoms with E-state index in [-0.39, 0.29) is 0 Å². The molecule has 1 aromatic rings. The predicted molar refractivity (Wildman–Crippen MR) is 69.4 cm³/mol. The molecular formula is C14H20N4. The van der Waals surface area contributed by atoms with Gasteiger partial charge in [0.05, 0.1) is 5.69 Å². The summed E-state index contributed by atoms with van der Waals surface area (Å²) in [4.78, 5) is 7.02. The van der Waals surface area contributed by atoms with E-state index in [1.54, 1.807) is 0 Å². The fourth-order valence-electron chi connectivity index (χ4n) is 3.24. The zero-order valence-corrected chi connectivity index (χ0v) is 11.0. The van der Waals surface area contributed by atoms with E-state index in [4.69, 9.17) is 0 Å². The molecule has 2 aliphatic heterocycles. The van der Waals surface area contributed by atoms with Crippen LogP contribution in [-0.4, -0.2) is 34.6 Å². The summed E-state index contributed by atoms with van der Waals surface area (Å²) in [5.41, 5.74) is 1.88. The van der Waals surface area contributed by atoms with Crippen LogP contribution in [0.1, 0.15) is 48.8 Å². The molecule has 0 N–H and O–H groups in total. The Bertz CT molecular complexity index is 475. The molecule has 0 spiro atoms. The summed E-state index contributed by atoms with van der Waals surface area (Å²) in [6.45, 7) is 3.36. The molecule has 2 aliphatic rings. The van der Waals surface area contributed by atoms with Crippen molar-refractivity contribution in [2.45, 2.75) is 44.6 Å². The number of fused-ring (bicyclic) bond motifs is 1. The van der Waals surface area contributed by atoms with Crippen molar-refractivity contribution >= 4 is 0 Å². The minimum atomic E-state index is 0.556. The Balaban J connectivity index is 1.92. The van der Waals surface area contributed by atoms with E-state index in [9.17, 15) is 5.26 Å². The second-order valence-electron chi connectivity index (χ2n) is 5.56. The van der Waals surface area contributed by atoms with Gasteiger partial charge in [-0.1, -0.05) is 0 Å². The van der Waals surface area contributed by atoms with Gasteiger partial charge in [-0.15, -0.1) is 0 Å². The molecular weight excluding hydrogens is 224 g/mol. The molecule has 3 rings (SSSR count). The highest BCUT2D eigenvalue weighted by Gasteiger charge is 2.27. The molecule has 0 amide bonds. The van der Waals surface area contributed by atoms with Crippen molar-refractivity contribution in [3.05, 3.63) is 17.2 Å². The molecule has 4 nitrogen and oxygen atoms in total. The van der Waals surface area contributed by atoms with Crippen LogP contribution < -0.4 is 0 Å². The van der Waals surface area contributed by atoms with Gasteiger partial charge in [0.25, 0.3) is 0 Å². The number of nitriles is 1. The molecule has 0 unspecified atom stereocenters. The molecule has 4 heteroatoms. The van der Waals surface area contributed by atoms with Gasteiger partial charge in [0.2, 0.25) is 0 Å². The first-order valence-corrected chi connectivity index (χ1v) is 6.97. The number of hydrogen-bond donors (Lipinski definition) is 0. The van der Waals surface area contributed by atoms with E-state index in [2.05, 4.69) is 27.6 Å². The van der Waals surface area contributed by atoms with Crippen LogP contribution in [0, 0.1) is 11.3 Å². The van der Waals surface area contributed by atoms with Crippen molar-refractivity contribution in [3.8, 4) is 6.07 Å². The molecule has 3 heterocycles. The number of rotatable bonds is 1. The molecule has 0 aliphatic carbocycles. The van der Waals surface area contributed by atoms with Crippen molar-refractivity contribution in [2.75, 3.05) is 20.1 Å². The molecule has 1 fully saturated rings. The number of aromatic nitrogens is 2. The van der Waals surface area contributed by atoms with Gasteiger partial charge in [-0.2, -0.15) is 5.26 Å². The molecule has 0 saturated carbocycles. The van der Waals surface area contributed by atoms with E-state index in [0.717, 1.165) is 26.1 Å². The predicted octanol–water partition coefficient (Wildman–Crippen LogP) is 1.90. The molecule has 0 bridgehead atoms. The van der Waals surface area contributed by atoms with Crippen molar-refractivity contribution in [2.24, 2.45) is 0 Å². The lowest BCUT2D eigenvalue weighted by Crippen LogP contribution is -2.30. The number of nitrogens with zero attached hydrogens (tertiary/aromatic N) is 4. The number of piperidine rings is 1. The summed E-state index contributed by atoms with van der Waals surface area (Å²) >= 11 is 0. The molecule has 1 saturated heterocycles. The summed E-state index contributed by atoms with van der Waals surface area (Å²) in [6, 6.07) is 2.28. The lowest BCUT2D eigenvalue weighted by molar-refractivity contribution is 0.247. The smallest absolute Gasteiger partial charge is 0.161 e. The van der Waals surface area contributed by atoms with Crippen LogP contribution >= 0.6 is 0 Å². The van der Waals surface area contributed by atoms with Crippen molar-refractivity contribution in [3.63, 3.8) is 0 Å². The summed E-state index contributed by atoms with van der Waals surface area (Å²) in [6.07, 6.45) is 5.82. The first-order valence-electron chi connectivity index (χ1n) is 6.97. The molecule has 0 aromatic carbocycles. The first kappa shape index (κ1) is 11.7. The van der Waals surface area contributed by atoms with Crippen molar-refractivity contribution in [1.29, 1.82) is 5.26 Å². The van der Waals surface area contributed by atoms with E-state index in [0.29, 0.717) is 11.6 Å². The summed E-state index contributed by atoms with van der Waals surface area (Å²) in [5, 5.41) is 9.21. The minimum Gasteiger partial charge on any atom is -0.330 e. The van der Waals surface area contributed by atoms with Crippen molar-refractivity contribution < 1.29 is 0 Å². The average molecular weight is 244 g/mol. The van der Waals surface area contributed by atoms with E-state index >= 15 is 0 Å². The van der Waals surface area contributed by atoms with Crippen LogP contribution in [0.25, 0.3) is 0 Å². The zero-order valence-electron chi connectivity index (χ0n) is 11.0. The molecule has 1 aromatic heterocycles. The van der Waals surface area contributed by atoms with Crippen LogP contribution in [0.15, 0.2) is 0 Å². The largest absolute Gasteiger partial charge is 0.330 e. The fraction of sp³-hybridized carbons (Fsp3) is 0.714. The Morgan fingerprint density at radius 3 is 2.72 bits per heavy atom. The van der Waals surface area contributed by atoms with Crippen LogP contribution in [0.5, 0.6) is 0 Å². The maximum Gasteiger partial charge on any atom is 0.161 e. The zero-order chi connectivity index (χ0) is 12.5. The summed E-state index contributed by atoms with van der Waals surface area (Å²) in [5.74, 6) is 1.74. The topological polar surface area (TPSA) is 44.9 Å². The van der Waals surface area contributed by atoms with E-state index < -0.39 is 0 Å². The Kier molecular flexibility index (Phi) is 3.09. The monoisotopic (exact) mass is 244 g/mol. The van der Waals surface area contributed by atoms with Crippen LogP contribution in [0.4, 0.5) is 0 Å². The highest BCUT2D eigenvalue weighted by atomic mass is 15.1. The minimum absolute atomic E-state index is 0.556. The van der Waals surface area contributed by atoms with Gasteiger partial charge in [-0.3, -0.25) is 0 Å². The van der Waals surface area contributed by atoms with Crippen molar-refractivity contribution in [1.82, 2.24) is 14.5 Å². The van der Waals surface area contributed by atoms with Gasteiger partial charge in [0, 0.05) is 12.5 Å². The summed E-state index contributed by atoms with van der Waals surface area (Å²) < 4.78 is 2.35. The Hall–Kier alpha value is -1.34. The van der Waals surface area contributed by atoms with Gasteiger partial charge in [-0.25, -0.2) is 4.98 Å². The molecule has 0 atom stereocenters. The lowest BCUT2D eigenvalue weighted by Gasteiger charge is -2.29. The maximum absolute atomic E-state index is 9.21. The van der Waals surface area contributed by atoms with Gasteiger partial charge < -0.3 is 9.47 Å². The second-order valence-corrected chi connectivity index (χ2v) is 5.56. The average Bonchev–Trinajstić information content (AvgIpc) is 2.79. The third-order valence-electron chi connectivity index (χ3n) is 4.34. The standard InChI is InChI=1S/C14H20N4/c1-17-8-5-11(6-9-17)14-16-12(10-15)13-4-2-3-7-18(13)14/h11H,2-9H2,1H3. The van der Waals surface area contributed by atoms with Crippen LogP contribution in [0.2, 0.25) is 0 Å². The van der Waals surface area contributed by atoms with Gasteiger partial charge in [0.15, 0.2) is 5.69 Å². The SMILES string of the molecule is CN1CCC(c2nc(C#N)c3n2CCCC3)CC1. The molecule has 96 valence electrons. The quantitative estimate of drug-likeness (QED) is 0.758. The highest BCUT2D eigenvalue weighted by molar-refractivity contribution is 5.31. The molecule has 0 radical (unpaired) electrons. The number of likely N-dealkylation sites (tertiary alicyclic amines) is 1. The van der Waals surface area contributed by atoms with Gasteiger partial charge in [-0.05, 0) is 52.2 Å². The normalized spacial score (nSPS) is 21.6. The fourth-order valence-corrected chi connectivity index (χ4v) is 3.24. The maximum atomic E-state index is 9.21. The first-order chi connectivity index (χ1) is 8.79. The Morgan fingerprint density at radius 2 is 2.00 bits per heavy atom. The number of imidazole rings is 1.